The molecule has 0 N–H and O–H groups in total. The Morgan fingerprint density at radius 3 is 2.04 bits per heavy atom. The van der Waals surface area contributed by atoms with Gasteiger partial charge in [-0.3, -0.25) is 0 Å². The summed E-state index contributed by atoms with van der Waals surface area (Å²) in [7, 11) is 0. The molecule has 0 amide bonds. The van der Waals surface area contributed by atoms with Gasteiger partial charge >= 0.3 is 0 Å². The molecule has 0 unspecified atom stereocenters. The molecule has 2 fully saturated rings. The highest BCUT2D eigenvalue weighted by Gasteiger charge is 2.95. The Morgan fingerprint density at radius 2 is 1.46 bits per heavy atom. The minimum atomic E-state index is 0.0125. The summed E-state index contributed by atoms with van der Waals surface area (Å²) in [5.74, 6) is 1.09. The molecule has 0 aromatic heterocycles. The van der Waals surface area contributed by atoms with E-state index < -0.39 is 0 Å². The van der Waals surface area contributed by atoms with Crippen molar-refractivity contribution in [1.82, 2.24) is 0 Å². The van der Waals surface area contributed by atoms with Crippen LogP contribution in [0.2, 0.25) is 0 Å². The van der Waals surface area contributed by atoms with Crippen molar-refractivity contribution in [1.29, 1.82) is 10.5 Å². The lowest BCUT2D eigenvalue weighted by atomic mass is 9.53. The molecule has 0 radical (unpaired) electrons. The smallest absolute Gasteiger partial charge is 0.0991 e. The minimum absolute atomic E-state index is 0.0125. The fourth-order valence-electron chi connectivity index (χ4n) is 7.08. The van der Waals surface area contributed by atoms with Gasteiger partial charge in [-0.2, -0.15) is 10.5 Å². The molecule has 0 saturated heterocycles. The maximum Gasteiger partial charge on any atom is 0.0991 e. The number of fused-ring (bicyclic) bond motifs is 4. The molecule has 3 aliphatic carbocycles. The molecule has 0 spiro atoms. The number of hydrogen-bond acceptors (Lipinski definition) is 2. The van der Waals surface area contributed by atoms with Gasteiger partial charge in [0.1, 0.15) is 0 Å². The largest absolute Gasteiger partial charge is 0.192 e. The molecule has 0 aliphatic heterocycles. The zero-order valence-corrected chi connectivity index (χ0v) is 15.0. The van der Waals surface area contributed by atoms with Gasteiger partial charge in [0.25, 0.3) is 0 Å². The third kappa shape index (κ3) is 1.34. The van der Waals surface area contributed by atoms with Gasteiger partial charge in [0.2, 0.25) is 0 Å². The van der Waals surface area contributed by atoms with Crippen molar-refractivity contribution in [3.8, 4) is 12.1 Å². The Hall–Kier alpha value is -2.84. The van der Waals surface area contributed by atoms with Crippen LogP contribution in [0.25, 0.3) is 0 Å². The Bertz CT molecular complexity index is 1050. The SMILES string of the molecule is CC1(C)[C@]2(c3cccc(C#N)c3)[C@H]3CC=C[C@H]3[C@]12c1cccc(C#N)c1. The van der Waals surface area contributed by atoms with Gasteiger partial charge in [0, 0.05) is 10.8 Å². The van der Waals surface area contributed by atoms with E-state index in [1.165, 1.54) is 11.1 Å². The molecule has 0 heterocycles. The van der Waals surface area contributed by atoms with Crippen molar-refractivity contribution in [2.24, 2.45) is 17.3 Å². The lowest BCUT2D eigenvalue weighted by Crippen LogP contribution is -2.49. The van der Waals surface area contributed by atoms with E-state index in [0.717, 1.165) is 17.5 Å². The zero-order chi connectivity index (χ0) is 18.2. The van der Waals surface area contributed by atoms with Crippen LogP contribution in [0.5, 0.6) is 0 Å². The fourth-order valence-corrected chi connectivity index (χ4v) is 7.08. The average molecular weight is 336 g/mol. The molecular formula is C24H20N2. The standard InChI is InChI=1S/C24H20N2/c1-22(2)23(18-8-3-6-16(12-18)14-25)20-10-5-11-21(20)24(22,23)19-9-4-7-17(13-19)15-26/h3-10,12-13,20-21H,11H2,1-2H3/t20-,21+,23-,24+/m1/s1. The molecule has 26 heavy (non-hydrogen) atoms. The average Bonchev–Trinajstić information content (AvgIpc) is 2.89. The minimum Gasteiger partial charge on any atom is -0.192 e. The summed E-state index contributed by atoms with van der Waals surface area (Å²) in [6.45, 7) is 4.74. The fraction of sp³-hybridized carbons (Fsp3) is 0.333. The van der Waals surface area contributed by atoms with Crippen molar-refractivity contribution in [3.63, 3.8) is 0 Å². The molecule has 2 aromatic carbocycles. The van der Waals surface area contributed by atoms with Crippen LogP contribution < -0.4 is 0 Å². The van der Waals surface area contributed by atoms with Crippen LogP contribution in [0, 0.1) is 39.9 Å². The van der Waals surface area contributed by atoms with Gasteiger partial charge < -0.3 is 0 Å². The topological polar surface area (TPSA) is 47.6 Å². The number of nitriles is 2. The first-order valence-corrected chi connectivity index (χ1v) is 9.23. The molecule has 4 atom stereocenters. The van der Waals surface area contributed by atoms with Gasteiger partial charge in [-0.25, -0.2) is 0 Å². The Labute approximate surface area is 154 Å². The third-order valence-corrected chi connectivity index (χ3v) is 7.65. The lowest BCUT2D eigenvalue weighted by Gasteiger charge is -2.48. The Balaban J connectivity index is 1.77. The zero-order valence-electron chi connectivity index (χ0n) is 15.0. The van der Waals surface area contributed by atoms with Crippen LogP contribution >= 0.6 is 0 Å². The Kier molecular flexibility index (Phi) is 2.76. The van der Waals surface area contributed by atoms with Crippen molar-refractivity contribution >= 4 is 0 Å². The summed E-state index contributed by atoms with van der Waals surface area (Å²) in [6, 6.07) is 21.0. The molecule has 5 rings (SSSR count). The summed E-state index contributed by atoms with van der Waals surface area (Å²) in [4.78, 5) is 0. The maximum atomic E-state index is 9.40. The molecule has 3 aliphatic rings. The van der Waals surface area contributed by atoms with Crippen LogP contribution in [-0.4, -0.2) is 0 Å². The summed E-state index contributed by atoms with van der Waals surface area (Å²) in [6.07, 6.45) is 5.82. The third-order valence-electron chi connectivity index (χ3n) is 7.65. The van der Waals surface area contributed by atoms with Crippen LogP contribution in [0.1, 0.15) is 42.5 Å². The summed E-state index contributed by atoms with van der Waals surface area (Å²) in [5, 5.41) is 18.8. The van der Waals surface area contributed by atoms with E-state index >= 15 is 0 Å². The quantitative estimate of drug-likeness (QED) is 0.736. The molecule has 2 nitrogen and oxygen atoms in total. The van der Waals surface area contributed by atoms with Crippen LogP contribution in [0.15, 0.2) is 60.7 Å². The highest BCUT2D eigenvalue weighted by molar-refractivity contribution is 5.67. The van der Waals surface area contributed by atoms with E-state index in [2.05, 4.69) is 62.4 Å². The highest BCUT2D eigenvalue weighted by Crippen LogP contribution is 2.94. The van der Waals surface area contributed by atoms with Crippen molar-refractivity contribution in [2.75, 3.05) is 0 Å². The molecule has 2 aromatic rings. The van der Waals surface area contributed by atoms with Gasteiger partial charge in [-0.15, -0.1) is 0 Å². The maximum absolute atomic E-state index is 9.40. The Morgan fingerprint density at radius 1 is 0.885 bits per heavy atom. The first kappa shape index (κ1) is 15.4. The number of nitrogens with zero attached hydrogens (tertiary/aromatic N) is 2. The summed E-state index contributed by atoms with van der Waals surface area (Å²) >= 11 is 0. The van der Waals surface area contributed by atoms with Crippen LogP contribution in [-0.2, 0) is 10.8 Å². The molecule has 2 saturated carbocycles. The predicted molar refractivity (Wildman–Crippen MR) is 100 cm³/mol. The number of rotatable bonds is 2. The van der Waals surface area contributed by atoms with Crippen LogP contribution in [0.4, 0.5) is 0 Å². The second kappa shape index (κ2) is 4.66. The van der Waals surface area contributed by atoms with E-state index in [9.17, 15) is 10.5 Å². The summed E-state index contributed by atoms with van der Waals surface area (Å²) < 4.78 is 0. The normalized spacial score (nSPS) is 34.8. The van der Waals surface area contributed by atoms with Crippen molar-refractivity contribution in [2.45, 2.75) is 31.1 Å². The van der Waals surface area contributed by atoms with E-state index in [1.807, 2.05) is 24.3 Å². The van der Waals surface area contributed by atoms with Crippen molar-refractivity contribution in [3.05, 3.63) is 82.9 Å². The van der Waals surface area contributed by atoms with E-state index in [4.69, 9.17) is 0 Å². The number of allylic oxidation sites excluding steroid dienone is 2. The second-order valence-corrected chi connectivity index (χ2v) is 8.42. The van der Waals surface area contributed by atoms with Crippen molar-refractivity contribution < 1.29 is 0 Å². The van der Waals surface area contributed by atoms with Gasteiger partial charge in [-0.1, -0.05) is 50.3 Å². The van der Waals surface area contributed by atoms with E-state index in [-0.39, 0.29) is 16.2 Å². The second-order valence-electron chi connectivity index (χ2n) is 8.42. The van der Waals surface area contributed by atoms with Crippen LogP contribution in [0.3, 0.4) is 0 Å². The van der Waals surface area contributed by atoms with E-state index in [0.29, 0.717) is 11.8 Å². The van der Waals surface area contributed by atoms with E-state index in [1.54, 1.807) is 0 Å². The van der Waals surface area contributed by atoms with Gasteiger partial charge in [-0.05, 0) is 59.1 Å². The summed E-state index contributed by atoms with van der Waals surface area (Å²) in [5.41, 5.74) is 4.15. The predicted octanol–water partition coefficient (Wildman–Crippen LogP) is 4.85. The van der Waals surface area contributed by atoms with Gasteiger partial charge in [0.15, 0.2) is 0 Å². The molecular weight excluding hydrogens is 316 g/mol. The lowest BCUT2D eigenvalue weighted by molar-refractivity contribution is 0.145. The first-order chi connectivity index (χ1) is 12.6. The number of hydrogen-bond donors (Lipinski definition) is 0. The highest BCUT2D eigenvalue weighted by atomic mass is 15.0. The monoisotopic (exact) mass is 336 g/mol. The van der Waals surface area contributed by atoms with Gasteiger partial charge in [0.05, 0.1) is 23.3 Å². The molecule has 0 bridgehead atoms. The number of benzene rings is 2. The molecule has 2 heteroatoms. The first-order valence-electron chi connectivity index (χ1n) is 9.23. The molecule has 126 valence electrons.